The second-order valence-corrected chi connectivity index (χ2v) is 4.30. The number of esters is 1. The lowest BCUT2D eigenvalue weighted by molar-refractivity contribution is 0.0472. The Bertz CT molecular complexity index is 705. The summed E-state index contributed by atoms with van der Waals surface area (Å²) in [6.07, 6.45) is 0. The quantitative estimate of drug-likeness (QED) is 0.688. The molecule has 5 heteroatoms. The highest BCUT2D eigenvalue weighted by atomic mass is 16.5. The Balaban J connectivity index is 2.09. The third-order valence-electron chi connectivity index (χ3n) is 2.96. The molecule has 0 aliphatic carbocycles. The van der Waals surface area contributed by atoms with E-state index in [9.17, 15) is 4.79 Å². The molecule has 0 aromatic heterocycles. The van der Waals surface area contributed by atoms with E-state index >= 15 is 0 Å². The van der Waals surface area contributed by atoms with Crippen molar-refractivity contribution in [3.63, 3.8) is 0 Å². The van der Waals surface area contributed by atoms with Gasteiger partial charge in [0.05, 0.1) is 30.0 Å². The first-order chi connectivity index (χ1) is 10.2. The zero-order valence-corrected chi connectivity index (χ0v) is 11.5. The van der Waals surface area contributed by atoms with Crippen molar-refractivity contribution in [1.29, 1.82) is 5.26 Å². The second kappa shape index (κ2) is 6.44. The highest BCUT2D eigenvalue weighted by Gasteiger charge is 2.11. The van der Waals surface area contributed by atoms with Crippen LogP contribution >= 0.6 is 0 Å². The van der Waals surface area contributed by atoms with Gasteiger partial charge in [0.25, 0.3) is 0 Å². The van der Waals surface area contributed by atoms with E-state index in [2.05, 4.69) is 6.07 Å². The molecule has 0 heterocycles. The molecular formula is C16H14N2O3. The van der Waals surface area contributed by atoms with Crippen LogP contribution in [0.15, 0.2) is 42.5 Å². The number of nitriles is 1. The fourth-order valence-corrected chi connectivity index (χ4v) is 1.84. The minimum absolute atomic E-state index is 0.0362. The normalized spacial score (nSPS) is 9.71. The molecule has 5 nitrogen and oxygen atoms in total. The van der Waals surface area contributed by atoms with E-state index in [0.717, 1.165) is 0 Å². The number of benzene rings is 2. The van der Waals surface area contributed by atoms with Crippen molar-refractivity contribution in [1.82, 2.24) is 0 Å². The zero-order valence-electron chi connectivity index (χ0n) is 11.5. The van der Waals surface area contributed by atoms with Crippen LogP contribution in [-0.2, 0) is 11.3 Å². The summed E-state index contributed by atoms with van der Waals surface area (Å²) >= 11 is 0. The van der Waals surface area contributed by atoms with Crippen molar-refractivity contribution in [3.05, 3.63) is 59.2 Å². The summed E-state index contributed by atoms with van der Waals surface area (Å²) in [6.45, 7) is 0.0362. The number of hydrogen-bond acceptors (Lipinski definition) is 5. The molecular weight excluding hydrogens is 268 g/mol. The third-order valence-corrected chi connectivity index (χ3v) is 2.96. The largest absolute Gasteiger partial charge is 0.495 e. The molecule has 0 fully saturated rings. The fourth-order valence-electron chi connectivity index (χ4n) is 1.84. The Kier molecular flexibility index (Phi) is 4.42. The highest BCUT2D eigenvalue weighted by Crippen LogP contribution is 2.22. The average molecular weight is 282 g/mol. The van der Waals surface area contributed by atoms with Gasteiger partial charge in [0.2, 0.25) is 0 Å². The van der Waals surface area contributed by atoms with Gasteiger partial charge >= 0.3 is 5.97 Å². The van der Waals surface area contributed by atoms with E-state index in [4.69, 9.17) is 20.5 Å². The van der Waals surface area contributed by atoms with Crippen molar-refractivity contribution < 1.29 is 14.3 Å². The Labute approximate surface area is 122 Å². The standard InChI is InChI=1S/C16H14N2O3/c1-20-15-7-6-11(8-14(15)18)16(19)21-10-13-5-3-2-4-12(13)9-17/h2-8H,10,18H2,1H3. The summed E-state index contributed by atoms with van der Waals surface area (Å²) in [5, 5.41) is 8.97. The van der Waals surface area contributed by atoms with Gasteiger partial charge < -0.3 is 15.2 Å². The molecule has 106 valence electrons. The van der Waals surface area contributed by atoms with Crippen molar-refractivity contribution in [3.8, 4) is 11.8 Å². The number of ether oxygens (including phenoxy) is 2. The molecule has 0 atom stereocenters. The number of hydrogen-bond donors (Lipinski definition) is 1. The van der Waals surface area contributed by atoms with Crippen LogP contribution in [0.3, 0.4) is 0 Å². The molecule has 0 spiro atoms. The van der Waals surface area contributed by atoms with Crippen molar-refractivity contribution in [2.75, 3.05) is 12.8 Å². The van der Waals surface area contributed by atoms with Crippen LogP contribution in [0.5, 0.6) is 5.75 Å². The highest BCUT2D eigenvalue weighted by molar-refractivity contribution is 5.91. The summed E-state index contributed by atoms with van der Waals surface area (Å²) < 4.78 is 10.2. The summed E-state index contributed by atoms with van der Waals surface area (Å²) in [7, 11) is 1.50. The number of nitrogens with zero attached hydrogens (tertiary/aromatic N) is 1. The fraction of sp³-hybridized carbons (Fsp3) is 0.125. The first kappa shape index (κ1) is 14.4. The topological polar surface area (TPSA) is 85.3 Å². The van der Waals surface area contributed by atoms with E-state index in [0.29, 0.717) is 28.1 Å². The van der Waals surface area contributed by atoms with Crippen LogP contribution in [0, 0.1) is 11.3 Å². The van der Waals surface area contributed by atoms with Gasteiger partial charge in [-0.05, 0) is 24.3 Å². The van der Waals surface area contributed by atoms with Gasteiger partial charge in [-0.15, -0.1) is 0 Å². The molecule has 0 unspecified atom stereocenters. The second-order valence-electron chi connectivity index (χ2n) is 4.30. The number of carbonyl (C=O) groups excluding carboxylic acids is 1. The Morgan fingerprint density at radius 2 is 2.05 bits per heavy atom. The van der Waals surface area contributed by atoms with E-state index < -0.39 is 5.97 Å². The molecule has 0 amide bonds. The number of nitrogen functional groups attached to an aromatic ring is 1. The Morgan fingerprint density at radius 1 is 1.29 bits per heavy atom. The number of nitrogens with two attached hydrogens (primary N) is 1. The summed E-state index contributed by atoms with van der Waals surface area (Å²) in [5.41, 5.74) is 7.60. The van der Waals surface area contributed by atoms with Gasteiger partial charge in [-0.3, -0.25) is 0 Å². The minimum Gasteiger partial charge on any atom is -0.495 e. The molecule has 0 radical (unpaired) electrons. The first-order valence-corrected chi connectivity index (χ1v) is 6.24. The Hall–Kier alpha value is -3.00. The molecule has 2 rings (SSSR count). The van der Waals surface area contributed by atoms with Gasteiger partial charge in [0, 0.05) is 5.56 Å². The molecule has 21 heavy (non-hydrogen) atoms. The van der Waals surface area contributed by atoms with Crippen molar-refractivity contribution in [2.24, 2.45) is 0 Å². The van der Waals surface area contributed by atoms with E-state index in [1.165, 1.54) is 13.2 Å². The Morgan fingerprint density at radius 3 is 2.71 bits per heavy atom. The van der Waals surface area contributed by atoms with Crippen LogP contribution < -0.4 is 10.5 Å². The van der Waals surface area contributed by atoms with E-state index in [1.54, 1.807) is 36.4 Å². The maximum absolute atomic E-state index is 12.0. The summed E-state index contributed by atoms with van der Waals surface area (Å²) in [5.74, 6) is -0.00141. The van der Waals surface area contributed by atoms with Crippen LogP contribution in [0.2, 0.25) is 0 Å². The molecule has 0 saturated heterocycles. The van der Waals surface area contributed by atoms with Gasteiger partial charge in [-0.2, -0.15) is 5.26 Å². The van der Waals surface area contributed by atoms with Crippen LogP contribution in [0.25, 0.3) is 0 Å². The summed E-state index contributed by atoms with van der Waals surface area (Å²) in [6, 6.07) is 13.7. The van der Waals surface area contributed by atoms with Gasteiger partial charge in [0.15, 0.2) is 0 Å². The number of anilines is 1. The third kappa shape index (κ3) is 3.31. The minimum atomic E-state index is -0.503. The first-order valence-electron chi connectivity index (χ1n) is 6.24. The molecule has 0 saturated carbocycles. The summed E-state index contributed by atoms with van der Waals surface area (Å²) in [4.78, 5) is 12.0. The lowest BCUT2D eigenvalue weighted by Gasteiger charge is -2.08. The van der Waals surface area contributed by atoms with Gasteiger partial charge in [0.1, 0.15) is 12.4 Å². The van der Waals surface area contributed by atoms with Crippen LogP contribution in [-0.4, -0.2) is 13.1 Å². The molecule has 2 N–H and O–H groups in total. The van der Waals surface area contributed by atoms with Crippen LogP contribution in [0.4, 0.5) is 5.69 Å². The van der Waals surface area contributed by atoms with Crippen molar-refractivity contribution in [2.45, 2.75) is 6.61 Å². The molecule has 2 aromatic rings. The van der Waals surface area contributed by atoms with Gasteiger partial charge in [-0.25, -0.2) is 4.79 Å². The van der Waals surface area contributed by atoms with E-state index in [-0.39, 0.29) is 6.61 Å². The lowest BCUT2D eigenvalue weighted by Crippen LogP contribution is -2.07. The lowest BCUT2D eigenvalue weighted by atomic mass is 10.1. The molecule has 0 aliphatic heterocycles. The SMILES string of the molecule is COc1ccc(C(=O)OCc2ccccc2C#N)cc1N. The smallest absolute Gasteiger partial charge is 0.338 e. The maximum atomic E-state index is 12.0. The molecule has 2 aromatic carbocycles. The zero-order chi connectivity index (χ0) is 15.2. The molecule has 0 bridgehead atoms. The van der Waals surface area contributed by atoms with Gasteiger partial charge in [-0.1, -0.05) is 18.2 Å². The van der Waals surface area contributed by atoms with Crippen LogP contribution in [0.1, 0.15) is 21.5 Å². The monoisotopic (exact) mass is 282 g/mol. The van der Waals surface area contributed by atoms with Crippen molar-refractivity contribution >= 4 is 11.7 Å². The number of carbonyl (C=O) groups is 1. The number of methoxy groups -OCH3 is 1. The predicted molar refractivity (Wildman–Crippen MR) is 77.7 cm³/mol. The average Bonchev–Trinajstić information content (AvgIpc) is 2.52. The predicted octanol–water partition coefficient (Wildman–Crippen LogP) is 2.51. The van der Waals surface area contributed by atoms with E-state index in [1.807, 2.05) is 0 Å². The number of rotatable bonds is 4. The molecule has 0 aliphatic rings. The maximum Gasteiger partial charge on any atom is 0.338 e.